The lowest BCUT2D eigenvalue weighted by atomic mass is 9.75. The molecule has 0 N–H and O–H groups in total. The van der Waals surface area contributed by atoms with E-state index in [0.717, 1.165) is 57.2 Å². The number of ether oxygens (including phenoxy) is 1. The zero-order valence-corrected chi connectivity index (χ0v) is 17.2. The molecule has 1 saturated carbocycles. The van der Waals surface area contributed by atoms with Gasteiger partial charge >= 0.3 is 6.09 Å². The summed E-state index contributed by atoms with van der Waals surface area (Å²) in [5, 5.41) is 0.356. The third kappa shape index (κ3) is 5.90. The van der Waals surface area contributed by atoms with Gasteiger partial charge in [0.05, 0.1) is 0 Å². The van der Waals surface area contributed by atoms with E-state index in [2.05, 4.69) is 6.92 Å². The Labute approximate surface area is 157 Å². The average molecular weight is 370 g/mol. The average Bonchev–Trinajstić information content (AvgIpc) is 3.03. The van der Waals surface area contributed by atoms with Gasteiger partial charge in [-0.05, 0) is 58.8 Å². The van der Waals surface area contributed by atoms with Crippen LogP contribution < -0.4 is 0 Å². The second-order valence-corrected chi connectivity index (χ2v) is 9.56. The van der Waals surface area contributed by atoms with Gasteiger partial charge < -0.3 is 9.64 Å². The molecule has 0 radical (unpaired) electrons. The molecule has 0 aromatic rings. The monoisotopic (exact) mass is 369 g/mol. The van der Waals surface area contributed by atoms with Crippen LogP contribution in [0.1, 0.15) is 79.1 Å². The topological polar surface area (TPSA) is 46.6 Å². The fourth-order valence-electron chi connectivity index (χ4n) is 4.12. The summed E-state index contributed by atoms with van der Waals surface area (Å²) in [6, 6.07) is 0.177. The van der Waals surface area contributed by atoms with Gasteiger partial charge in [0.1, 0.15) is 5.60 Å². The van der Waals surface area contributed by atoms with Crippen LogP contribution in [0.3, 0.4) is 0 Å². The zero-order chi connectivity index (χ0) is 18.4. The molecule has 2 fully saturated rings. The second kappa shape index (κ2) is 9.29. The van der Waals surface area contributed by atoms with Crippen molar-refractivity contribution in [3.8, 4) is 0 Å². The Morgan fingerprint density at radius 3 is 2.52 bits per heavy atom. The van der Waals surface area contributed by atoms with E-state index in [-0.39, 0.29) is 18.1 Å². The van der Waals surface area contributed by atoms with E-state index in [1.54, 1.807) is 0 Å². The van der Waals surface area contributed by atoms with Gasteiger partial charge in [0, 0.05) is 24.3 Å². The SMILES string of the molecule is CCCCSC(=O)C1CCCCC1C1CCCN1C(=O)OC(C)(C)C. The van der Waals surface area contributed by atoms with Crippen molar-refractivity contribution in [2.75, 3.05) is 12.3 Å². The van der Waals surface area contributed by atoms with E-state index in [1.165, 1.54) is 18.2 Å². The van der Waals surface area contributed by atoms with Gasteiger partial charge in [0.25, 0.3) is 0 Å². The summed E-state index contributed by atoms with van der Waals surface area (Å²) in [6.07, 6.45) is 8.41. The van der Waals surface area contributed by atoms with E-state index in [4.69, 9.17) is 4.74 Å². The Morgan fingerprint density at radius 1 is 1.12 bits per heavy atom. The molecule has 0 spiro atoms. The van der Waals surface area contributed by atoms with Crippen molar-refractivity contribution in [1.29, 1.82) is 0 Å². The maximum Gasteiger partial charge on any atom is 0.410 e. The first-order chi connectivity index (χ1) is 11.8. The molecule has 0 bridgehead atoms. The van der Waals surface area contributed by atoms with Crippen molar-refractivity contribution in [2.24, 2.45) is 11.8 Å². The van der Waals surface area contributed by atoms with Crippen LogP contribution in [0.5, 0.6) is 0 Å². The van der Waals surface area contributed by atoms with Crippen molar-refractivity contribution in [3.63, 3.8) is 0 Å². The predicted molar refractivity (Wildman–Crippen MR) is 104 cm³/mol. The number of hydrogen-bond donors (Lipinski definition) is 0. The zero-order valence-electron chi connectivity index (χ0n) is 16.4. The highest BCUT2D eigenvalue weighted by atomic mass is 32.2. The highest BCUT2D eigenvalue weighted by Gasteiger charge is 2.43. The van der Waals surface area contributed by atoms with E-state index in [9.17, 15) is 9.59 Å². The number of amides is 1. The normalized spacial score (nSPS) is 27.4. The molecule has 1 saturated heterocycles. The molecule has 1 amide bonds. The highest BCUT2D eigenvalue weighted by Crippen LogP contribution is 2.40. The molecular weight excluding hydrogens is 334 g/mol. The summed E-state index contributed by atoms with van der Waals surface area (Å²) in [6.45, 7) is 8.65. The van der Waals surface area contributed by atoms with E-state index in [1.807, 2.05) is 25.7 Å². The summed E-state index contributed by atoms with van der Waals surface area (Å²) < 4.78 is 5.61. The van der Waals surface area contributed by atoms with Crippen LogP contribution in [0.25, 0.3) is 0 Å². The number of unbranched alkanes of at least 4 members (excludes halogenated alkanes) is 1. The molecule has 0 aromatic heterocycles. The fourth-order valence-corrected chi connectivity index (χ4v) is 5.26. The largest absolute Gasteiger partial charge is 0.444 e. The summed E-state index contributed by atoms with van der Waals surface area (Å²) in [7, 11) is 0. The molecule has 144 valence electrons. The van der Waals surface area contributed by atoms with Crippen molar-refractivity contribution < 1.29 is 14.3 Å². The number of carbonyl (C=O) groups is 2. The van der Waals surface area contributed by atoms with Crippen molar-refractivity contribution in [2.45, 2.75) is 90.7 Å². The smallest absolute Gasteiger partial charge is 0.410 e. The molecule has 1 aliphatic heterocycles. The number of thioether (sulfide) groups is 1. The first-order valence-corrected chi connectivity index (χ1v) is 11.0. The fraction of sp³-hybridized carbons (Fsp3) is 0.900. The van der Waals surface area contributed by atoms with Crippen LogP contribution in [-0.4, -0.2) is 40.0 Å². The molecule has 2 aliphatic rings. The van der Waals surface area contributed by atoms with Crippen LogP contribution in [0.2, 0.25) is 0 Å². The Kier molecular flexibility index (Phi) is 7.66. The molecule has 5 heteroatoms. The highest BCUT2D eigenvalue weighted by molar-refractivity contribution is 8.13. The Morgan fingerprint density at radius 2 is 1.84 bits per heavy atom. The lowest BCUT2D eigenvalue weighted by molar-refractivity contribution is -0.117. The second-order valence-electron chi connectivity index (χ2n) is 8.46. The van der Waals surface area contributed by atoms with Gasteiger partial charge in [-0.1, -0.05) is 37.9 Å². The number of rotatable bonds is 5. The first-order valence-electron chi connectivity index (χ1n) is 9.99. The number of likely N-dealkylation sites (tertiary alicyclic amines) is 1. The maximum absolute atomic E-state index is 12.8. The van der Waals surface area contributed by atoms with Crippen LogP contribution in [0.4, 0.5) is 4.79 Å². The summed E-state index contributed by atoms with van der Waals surface area (Å²) in [4.78, 5) is 27.3. The van der Waals surface area contributed by atoms with E-state index < -0.39 is 5.60 Å². The van der Waals surface area contributed by atoms with Crippen LogP contribution in [0, 0.1) is 11.8 Å². The minimum Gasteiger partial charge on any atom is -0.444 e. The van der Waals surface area contributed by atoms with Crippen LogP contribution in [0.15, 0.2) is 0 Å². The van der Waals surface area contributed by atoms with Crippen LogP contribution >= 0.6 is 11.8 Å². The molecular formula is C20H35NO3S. The third-order valence-electron chi connectivity index (χ3n) is 5.29. The maximum atomic E-state index is 12.8. The Balaban J connectivity index is 2.04. The summed E-state index contributed by atoms with van der Waals surface area (Å²) in [5.74, 6) is 1.35. The van der Waals surface area contributed by atoms with Crippen molar-refractivity contribution >= 4 is 23.0 Å². The molecule has 3 atom stereocenters. The summed E-state index contributed by atoms with van der Waals surface area (Å²) in [5.41, 5.74) is -0.470. The van der Waals surface area contributed by atoms with E-state index in [0.29, 0.717) is 11.0 Å². The molecule has 4 nitrogen and oxygen atoms in total. The van der Waals surface area contributed by atoms with E-state index >= 15 is 0 Å². The van der Waals surface area contributed by atoms with Gasteiger partial charge in [-0.3, -0.25) is 4.79 Å². The number of carbonyl (C=O) groups excluding carboxylic acids is 2. The molecule has 1 heterocycles. The van der Waals surface area contributed by atoms with Gasteiger partial charge in [0.15, 0.2) is 5.12 Å². The molecule has 2 rings (SSSR count). The molecule has 0 aromatic carbocycles. The Bertz CT molecular complexity index is 460. The van der Waals surface area contributed by atoms with Crippen molar-refractivity contribution in [3.05, 3.63) is 0 Å². The lowest BCUT2D eigenvalue weighted by Gasteiger charge is -2.39. The predicted octanol–water partition coefficient (Wildman–Crippen LogP) is 5.25. The molecule has 1 aliphatic carbocycles. The standard InChI is InChI=1S/C20H35NO3S/c1-5-6-14-25-18(22)16-11-8-7-10-15(16)17-12-9-13-21(17)19(23)24-20(2,3)4/h15-17H,5-14H2,1-4H3. The lowest BCUT2D eigenvalue weighted by Crippen LogP contribution is -2.46. The molecule has 3 unspecified atom stereocenters. The van der Waals surface area contributed by atoms with Gasteiger partial charge in [-0.15, -0.1) is 0 Å². The molecule has 25 heavy (non-hydrogen) atoms. The first kappa shape index (κ1) is 20.6. The third-order valence-corrected chi connectivity index (χ3v) is 6.37. The van der Waals surface area contributed by atoms with Crippen molar-refractivity contribution in [1.82, 2.24) is 4.90 Å². The van der Waals surface area contributed by atoms with Gasteiger partial charge in [-0.2, -0.15) is 0 Å². The van der Waals surface area contributed by atoms with Gasteiger partial charge in [-0.25, -0.2) is 4.79 Å². The number of hydrogen-bond acceptors (Lipinski definition) is 4. The minimum atomic E-state index is -0.470. The number of nitrogens with zero attached hydrogens (tertiary/aromatic N) is 1. The van der Waals surface area contributed by atoms with Gasteiger partial charge in [0.2, 0.25) is 0 Å². The Hall–Kier alpha value is -0.710. The van der Waals surface area contributed by atoms with Crippen LogP contribution in [-0.2, 0) is 9.53 Å². The quantitative estimate of drug-likeness (QED) is 0.621. The minimum absolute atomic E-state index is 0.114. The summed E-state index contributed by atoms with van der Waals surface area (Å²) >= 11 is 1.52.